The maximum Gasteiger partial charge on any atom is 0.227 e. The van der Waals surface area contributed by atoms with Crippen molar-refractivity contribution in [3.8, 4) is 17.1 Å². The minimum Gasteiger partial charge on any atom is -0.339 e. The van der Waals surface area contributed by atoms with E-state index in [-0.39, 0.29) is 12.3 Å². The zero-order valence-corrected chi connectivity index (χ0v) is 17.9. The molecule has 0 saturated carbocycles. The molecule has 0 unspecified atom stereocenters. The summed E-state index contributed by atoms with van der Waals surface area (Å²) in [6.45, 7) is 6.29. The van der Waals surface area contributed by atoms with Crippen LogP contribution in [0.15, 0.2) is 65.3 Å². The molecule has 4 aromatic rings. The number of hydrogen-bond acceptors (Lipinski definition) is 5. The number of anilines is 1. The van der Waals surface area contributed by atoms with Gasteiger partial charge in [0.2, 0.25) is 17.6 Å². The fraction of sp³-hybridized carbons (Fsp3) is 0.250. The maximum absolute atomic E-state index is 12.4. The summed E-state index contributed by atoms with van der Waals surface area (Å²) in [7, 11) is 0. The van der Waals surface area contributed by atoms with Gasteiger partial charge in [0.15, 0.2) is 0 Å². The highest BCUT2D eigenvalue weighted by Gasteiger charge is 2.12. The Labute approximate surface area is 181 Å². The number of nitrogens with zero attached hydrogens (tertiary/aromatic N) is 4. The minimum atomic E-state index is -0.115. The molecule has 0 aliphatic rings. The molecule has 7 nitrogen and oxygen atoms in total. The Morgan fingerprint density at radius 3 is 2.65 bits per heavy atom. The Morgan fingerprint density at radius 2 is 1.94 bits per heavy atom. The number of hydrogen-bond donors (Lipinski definition) is 1. The summed E-state index contributed by atoms with van der Waals surface area (Å²) in [5.74, 6) is 1.33. The van der Waals surface area contributed by atoms with E-state index in [0.29, 0.717) is 29.7 Å². The second-order valence-electron chi connectivity index (χ2n) is 7.77. The lowest BCUT2D eigenvalue weighted by Gasteiger charge is -2.08. The molecule has 1 amide bonds. The van der Waals surface area contributed by atoms with E-state index in [2.05, 4.69) is 46.5 Å². The van der Waals surface area contributed by atoms with E-state index in [0.717, 1.165) is 16.9 Å². The summed E-state index contributed by atoms with van der Waals surface area (Å²) in [6, 6.07) is 17.6. The van der Waals surface area contributed by atoms with Crippen LogP contribution in [0.2, 0.25) is 0 Å². The van der Waals surface area contributed by atoms with Gasteiger partial charge in [-0.3, -0.25) is 4.79 Å². The summed E-state index contributed by atoms with van der Waals surface area (Å²) >= 11 is 0. The van der Waals surface area contributed by atoms with Gasteiger partial charge in [-0.25, -0.2) is 4.68 Å². The lowest BCUT2D eigenvalue weighted by Crippen LogP contribution is -2.12. The normalized spacial score (nSPS) is 11.1. The Hall–Kier alpha value is -3.74. The molecule has 0 radical (unpaired) electrons. The van der Waals surface area contributed by atoms with E-state index in [9.17, 15) is 4.79 Å². The van der Waals surface area contributed by atoms with Gasteiger partial charge >= 0.3 is 0 Å². The number of carbonyl (C=O) groups is 1. The Kier molecular flexibility index (Phi) is 5.93. The molecular formula is C24H25N5O2. The summed E-state index contributed by atoms with van der Waals surface area (Å²) < 4.78 is 7.15. The van der Waals surface area contributed by atoms with Crippen LogP contribution in [0.4, 0.5) is 5.69 Å². The molecule has 0 atom stereocenters. The zero-order chi connectivity index (χ0) is 21.8. The van der Waals surface area contributed by atoms with Crippen LogP contribution in [0.5, 0.6) is 0 Å². The summed E-state index contributed by atoms with van der Waals surface area (Å²) in [4.78, 5) is 16.8. The third-order valence-corrected chi connectivity index (χ3v) is 5.08. The van der Waals surface area contributed by atoms with Gasteiger partial charge in [-0.1, -0.05) is 49.3 Å². The summed E-state index contributed by atoms with van der Waals surface area (Å²) in [5.41, 5.74) is 4.79. The van der Waals surface area contributed by atoms with Crippen molar-refractivity contribution in [2.75, 3.05) is 5.32 Å². The van der Waals surface area contributed by atoms with Crippen LogP contribution in [0, 0.1) is 6.92 Å². The number of rotatable bonds is 7. The SMILES string of the molecule is Cc1ccnn1-c1cccc(NC(=O)CCc2nc(-c3ccc(C(C)C)cc3)no2)c1. The first-order valence-corrected chi connectivity index (χ1v) is 10.3. The molecule has 0 bridgehead atoms. The van der Waals surface area contributed by atoms with E-state index in [1.807, 2.05) is 54.1 Å². The monoisotopic (exact) mass is 415 g/mol. The van der Waals surface area contributed by atoms with Crippen molar-refractivity contribution in [1.82, 2.24) is 19.9 Å². The van der Waals surface area contributed by atoms with Gasteiger partial charge in [0.1, 0.15) is 0 Å². The third-order valence-electron chi connectivity index (χ3n) is 5.08. The fourth-order valence-electron chi connectivity index (χ4n) is 3.29. The number of amides is 1. The van der Waals surface area contributed by atoms with Crippen molar-refractivity contribution >= 4 is 11.6 Å². The molecule has 7 heteroatoms. The highest BCUT2D eigenvalue weighted by molar-refractivity contribution is 5.91. The summed E-state index contributed by atoms with van der Waals surface area (Å²) in [6.07, 6.45) is 2.37. The average molecular weight is 415 g/mol. The van der Waals surface area contributed by atoms with Crippen LogP contribution in [-0.2, 0) is 11.2 Å². The lowest BCUT2D eigenvalue weighted by atomic mass is 10.0. The maximum atomic E-state index is 12.4. The zero-order valence-electron chi connectivity index (χ0n) is 17.9. The van der Waals surface area contributed by atoms with Crippen molar-refractivity contribution in [3.63, 3.8) is 0 Å². The van der Waals surface area contributed by atoms with E-state index in [1.165, 1.54) is 5.56 Å². The van der Waals surface area contributed by atoms with Gasteiger partial charge in [-0.15, -0.1) is 0 Å². The van der Waals surface area contributed by atoms with Crippen molar-refractivity contribution in [1.29, 1.82) is 0 Å². The molecule has 158 valence electrons. The first kappa shape index (κ1) is 20.5. The van der Waals surface area contributed by atoms with Gasteiger partial charge in [0.25, 0.3) is 0 Å². The van der Waals surface area contributed by atoms with Gasteiger partial charge in [-0.2, -0.15) is 10.1 Å². The number of aromatic nitrogens is 4. The number of aryl methyl sites for hydroxylation is 2. The quantitative estimate of drug-likeness (QED) is 0.463. The largest absolute Gasteiger partial charge is 0.339 e. The first-order chi connectivity index (χ1) is 15.0. The van der Waals surface area contributed by atoms with Crippen LogP contribution < -0.4 is 5.32 Å². The number of carbonyl (C=O) groups excluding carboxylic acids is 1. The Bertz CT molecular complexity index is 1170. The second-order valence-corrected chi connectivity index (χ2v) is 7.77. The van der Waals surface area contributed by atoms with Crippen LogP contribution in [0.25, 0.3) is 17.1 Å². The van der Waals surface area contributed by atoms with E-state index in [1.54, 1.807) is 6.20 Å². The topological polar surface area (TPSA) is 85.8 Å². The highest BCUT2D eigenvalue weighted by atomic mass is 16.5. The van der Waals surface area contributed by atoms with Gasteiger partial charge in [0.05, 0.1) is 5.69 Å². The summed E-state index contributed by atoms with van der Waals surface area (Å²) in [5, 5.41) is 11.3. The van der Waals surface area contributed by atoms with E-state index >= 15 is 0 Å². The van der Waals surface area contributed by atoms with E-state index in [4.69, 9.17) is 4.52 Å². The molecule has 1 N–H and O–H groups in total. The van der Waals surface area contributed by atoms with E-state index < -0.39 is 0 Å². The van der Waals surface area contributed by atoms with Crippen molar-refractivity contribution in [2.24, 2.45) is 0 Å². The van der Waals surface area contributed by atoms with Crippen LogP contribution in [0.3, 0.4) is 0 Å². The van der Waals surface area contributed by atoms with Crippen molar-refractivity contribution in [3.05, 3.63) is 77.9 Å². The molecule has 4 rings (SSSR count). The highest BCUT2D eigenvalue weighted by Crippen LogP contribution is 2.21. The molecular weight excluding hydrogens is 390 g/mol. The standard InChI is InChI=1S/C24H25N5O2/c1-16(2)18-7-9-19(10-8-18)24-27-23(31-28-24)12-11-22(30)26-20-5-4-6-21(15-20)29-17(3)13-14-25-29/h4-10,13-16H,11-12H2,1-3H3,(H,26,30). The predicted molar refractivity (Wildman–Crippen MR) is 119 cm³/mol. The van der Waals surface area contributed by atoms with Crippen LogP contribution in [0.1, 0.15) is 43.3 Å². The molecule has 2 aromatic carbocycles. The molecule has 2 aromatic heterocycles. The van der Waals surface area contributed by atoms with Gasteiger partial charge < -0.3 is 9.84 Å². The minimum absolute atomic E-state index is 0.115. The van der Waals surface area contributed by atoms with Crippen LogP contribution in [-0.4, -0.2) is 25.8 Å². The molecule has 0 aliphatic heterocycles. The number of benzene rings is 2. The average Bonchev–Trinajstić information content (AvgIpc) is 3.41. The third kappa shape index (κ3) is 4.88. The molecule has 0 fully saturated rings. The molecule has 0 aliphatic carbocycles. The van der Waals surface area contributed by atoms with Gasteiger partial charge in [-0.05, 0) is 42.7 Å². The molecule has 2 heterocycles. The first-order valence-electron chi connectivity index (χ1n) is 10.3. The second kappa shape index (κ2) is 8.95. The Balaban J connectivity index is 1.35. The van der Waals surface area contributed by atoms with Crippen LogP contribution >= 0.6 is 0 Å². The van der Waals surface area contributed by atoms with Gasteiger partial charge in [0, 0.05) is 36.0 Å². The van der Waals surface area contributed by atoms with Crippen molar-refractivity contribution < 1.29 is 9.32 Å². The fourth-order valence-corrected chi connectivity index (χ4v) is 3.29. The predicted octanol–water partition coefficient (Wildman–Crippen LogP) is 4.93. The lowest BCUT2D eigenvalue weighted by molar-refractivity contribution is -0.116. The Morgan fingerprint density at radius 1 is 1.13 bits per heavy atom. The number of nitrogens with one attached hydrogen (secondary N) is 1. The smallest absolute Gasteiger partial charge is 0.227 e. The molecule has 31 heavy (non-hydrogen) atoms. The van der Waals surface area contributed by atoms with Crippen molar-refractivity contribution in [2.45, 2.75) is 39.5 Å². The molecule has 0 spiro atoms. The molecule has 0 saturated heterocycles.